The second kappa shape index (κ2) is 6.80. The van der Waals surface area contributed by atoms with E-state index in [1.54, 1.807) is 0 Å². The molecule has 0 aliphatic rings. The fourth-order valence-corrected chi connectivity index (χ4v) is 0.623. The molecule has 1 aromatic rings. The van der Waals surface area contributed by atoms with Crippen molar-refractivity contribution in [3.63, 3.8) is 0 Å². The molecule has 0 aliphatic carbocycles. The molecule has 0 aliphatic heterocycles. The minimum Gasteiger partial charge on any atom is -0.399 e. The Bertz CT molecular complexity index is 198. The molecule has 0 saturated carbocycles. The van der Waals surface area contributed by atoms with Crippen LogP contribution < -0.4 is 5.73 Å². The van der Waals surface area contributed by atoms with Crippen LogP contribution in [0, 0.1) is 0 Å². The number of hydrogen-bond acceptors (Lipinski definition) is 3. The van der Waals surface area contributed by atoms with Crippen LogP contribution in [0.25, 0.3) is 0 Å². The minimum atomic E-state index is 0.780. The summed E-state index contributed by atoms with van der Waals surface area (Å²) in [6, 6.07) is 7.36. The van der Waals surface area contributed by atoms with Crippen molar-refractivity contribution in [2.45, 2.75) is 11.8 Å². The maximum atomic E-state index is 5.39. The van der Waals surface area contributed by atoms with E-state index < -0.39 is 0 Å². The predicted octanol–water partition coefficient (Wildman–Crippen LogP) is 2.13. The maximum absolute atomic E-state index is 5.39. The number of nitrogens with two attached hydrogens (primary N) is 1. The van der Waals surface area contributed by atoms with Crippen molar-refractivity contribution in [3.05, 3.63) is 24.3 Å². The van der Waals surface area contributed by atoms with Crippen LogP contribution in [0.15, 0.2) is 29.2 Å². The second-order valence-electron chi connectivity index (χ2n) is 2.99. The van der Waals surface area contributed by atoms with Gasteiger partial charge in [-0.3, -0.25) is 0 Å². The van der Waals surface area contributed by atoms with E-state index in [2.05, 4.69) is 38.5 Å². The van der Waals surface area contributed by atoms with Crippen molar-refractivity contribution in [1.82, 2.24) is 4.90 Å². The number of nitrogens with zero attached hydrogens (tertiary/aromatic N) is 1. The standard InChI is InChI=1S/C6H7NS.C4H11N/c7-5-1-3-6(8)4-2-5;1-4-5(2)3/h1-4,8H,7H2;4H2,1-3H3. The lowest BCUT2D eigenvalue weighted by atomic mass is 10.3. The Hall–Kier alpha value is -0.670. The van der Waals surface area contributed by atoms with Crippen molar-refractivity contribution >= 4 is 18.3 Å². The summed E-state index contributed by atoms with van der Waals surface area (Å²) >= 11 is 4.08. The van der Waals surface area contributed by atoms with Gasteiger partial charge in [0.15, 0.2) is 0 Å². The number of hydrogen-bond donors (Lipinski definition) is 2. The average molecular weight is 198 g/mol. The molecule has 0 saturated heterocycles. The summed E-state index contributed by atoms with van der Waals surface area (Å²) in [5.74, 6) is 0. The van der Waals surface area contributed by atoms with Crippen LogP contribution in [0.3, 0.4) is 0 Å². The van der Waals surface area contributed by atoms with E-state index in [4.69, 9.17) is 5.73 Å². The lowest BCUT2D eigenvalue weighted by Crippen LogP contribution is -2.08. The average Bonchev–Trinajstić information content (AvgIpc) is 2.11. The van der Waals surface area contributed by atoms with Gasteiger partial charge in [0, 0.05) is 10.6 Å². The van der Waals surface area contributed by atoms with Gasteiger partial charge in [-0.25, -0.2) is 0 Å². The molecule has 1 rings (SSSR count). The second-order valence-corrected chi connectivity index (χ2v) is 3.50. The molecule has 0 amide bonds. The summed E-state index contributed by atoms with van der Waals surface area (Å²) in [6.45, 7) is 3.26. The summed E-state index contributed by atoms with van der Waals surface area (Å²) in [5, 5.41) is 0. The molecule has 0 radical (unpaired) electrons. The van der Waals surface area contributed by atoms with Gasteiger partial charge in [0.1, 0.15) is 0 Å². The minimum absolute atomic E-state index is 0.780. The van der Waals surface area contributed by atoms with Crippen LogP contribution in [0.4, 0.5) is 5.69 Å². The first-order valence-corrected chi connectivity index (χ1v) is 4.70. The van der Waals surface area contributed by atoms with Crippen molar-refractivity contribution in [2.75, 3.05) is 26.4 Å². The van der Waals surface area contributed by atoms with E-state index in [9.17, 15) is 0 Å². The smallest absolute Gasteiger partial charge is 0.0314 e. The Morgan fingerprint density at radius 2 is 1.62 bits per heavy atom. The molecule has 0 atom stereocenters. The molecule has 0 aromatic heterocycles. The molecule has 13 heavy (non-hydrogen) atoms. The summed E-state index contributed by atoms with van der Waals surface area (Å²) in [4.78, 5) is 3.07. The summed E-state index contributed by atoms with van der Waals surface area (Å²) in [6.07, 6.45) is 0. The van der Waals surface area contributed by atoms with Gasteiger partial charge in [0.05, 0.1) is 0 Å². The monoisotopic (exact) mass is 198 g/mol. The van der Waals surface area contributed by atoms with Crippen LogP contribution in [0.5, 0.6) is 0 Å². The van der Waals surface area contributed by atoms with Crippen molar-refractivity contribution in [1.29, 1.82) is 0 Å². The third-order valence-corrected chi connectivity index (χ3v) is 1.82. The maximum Gasteiger partial charge on any atom is 0.0314 e. The molecule has 1 aromatic carbocycles. The summed E-state index contributed by atoms with van der Waals surface area (Å²) in [5.41, 5.74) is 6.17. The number of benzene rings is 1. The molecule has 3 heteroatoms. The quantitative estimate of drug-likeness (QED) is 0.535. The van der Waals surface area contributed by atoms with E-state index in [0.29, 0.717) is 0 Å². The topological polar surface area (TPSA) is 29.3 Å². The van der Waals surface area contributed by atoms with E-state index in [1.165, 1.54) is 0 Å². The van der Waals surface area contributed by atoms with Gasteiger partial charge in [0.25, 0.3) is 0 Å². The molecular formula is C10H18N2S. The molecule has 0 bridgehead atoms. The predicted molar refractivity (Wildman–Crippen MR) is 62.3 cm³/mol. The zero-order chi connectivity index (χ0) is 10.3. The van der Waals surface area contributed by atoms with E-state index in [1.807, 2.05) is 24.3 Å². The first-order valence-electron chi connectivity index (χ1n) is 4.25. The van der Waals surface area contributed by atoms with Crippen LogP contribution >= 0.6 is 12.6 Å². The van der Waals surface area contributed by atoms with Gasteiger partial charge in [-0.2, -0.15) is 0 Å². The number of thiol groups is 1. The molecule has 0 heterocycles. The highest BCUT2D eigenvalue weighted by Crippen LogP contribution is 2.07. The first kappa shape index (κ1) is 12.3. The first-order chi connectivity index (χ1) is 6.06. The van der Waals surface area contributed by atoms with Crippen molar-refractivity contribution in [3.8, 4) is 0 Å². The highest BCUT2D eigenvalue weighted by atomic mass is 32.1. The molecular weight excluding hydrogens is 180 g/mol. The van der Waals surface area contributed by atoms with Gasteiger partial charge < -0.3 is 10.6 Å². The summed E-state index contributed by atoms with van der Waals surface area (Å²) in [7, 11) is 4.11. The molecule has 2 N–H and O–H groups in total. The normalized spacial score (nSPS) is 9.31. The SMILES string of the molecule is CCN(C)C.Nc1ccc(S)cc1. The molecule has 0 unspecified atom stereocenters. The molecule has 0 fully saturated rings. The van der Waals surface area contributed by atoms with Gasteiger partial charge in [-0.1, -0.05) is 6.92 Å². The van der Waals surface area contributed by atoms with E-state index in [-0.39, 0.29) is 0 Å². The zero-order valence-corrected chi connectivity index (χ0v) is 9.38. The van der Waals surface area contributed by atoms with Gasteiger partial charge in [0.2, 0.25) is 0 Å². The van der Waals surface area contributed by atoms with E-state index in [0.717, 1.165) is 17.1 Å². The number of anilines is 1. The number of rotatable bonds is 1. The van der Waals surface area contributed by atoms with Crippen molar-refractivity contribution < 1.29 is 0 Å². The Labute approximate surface area is 86.2 Å². The van der Waals surface area contributed by atoms with Crippen LogP contribution in [-0.2, 0) is 0 Å². The lowest BCUT2D eigenvalue weighted by molar-refractivity contribution is 0.434. The molecule has 2 nitrogen and oxygen atoms in total. The Morgan fingerprint density at radius 1 is 1.23 bits per heavy atom. The highest BCUT2D eigenvalue weighted by Gasteiger charge is 1.81. The Balaban J connectivity index is 0.000000252. The van der Waals surface area contributed by atoms with E-state index >= 15 is 0 Å². The van der Waals surface area contributed by atoms with Crippen LogP contribution in [0.1, 0.15) is 6.92 Å². The number of nitrogen functional groups attached to an aromatic ring is 1. The third kappa shape index (κ3) is 7.68. The summed E-state index contributed by atoms with van der Waals surface area (Å²) < 4.78 is 0. The van der Waals surface area contributed by atoms with Crippen LogP contribution in [0.2, 0.25) is 0 Å². The van der Waals surface area contributed by atoms with Crippen molar-refractivity contribution in [2.24, 2.45) is 0 Å². The van der Waals surface area contributed by atoms with Gasteiger partial charge in [-0.05, 0) is 44.9 Å². The lowest BCUT2D eigenvalue weighted by Gasteiger charge is -2.00. The Kier molecular flexibility index (Phi) is 6.45. The van der Waals surface area contributed by atoms with Gasteiger partial charge in [-0.15, -0.1) is 12.6 Å². The van der Waals surface area contributed by atoms with Gasteiger partial charge >= 0.3 is 0 Å². The molecule has 0 spiro atoms. The highest BCUT2D eigenvalue weighted by molar-refractivity contribution is 7.80. The molecule has 74 valence electrons. The third-order valence-electron chi connectivity index (χ3n) is 1.53. The Morgan fingerprint density at radius 3 is 1.85 bits per heavy atom. The largest absolute Gasteiger partial charge is 0.399 e. The fraction of sp³-hybridized carbons (Fsp3) is 0.400. The van der Waals surface area contributed by atoms with Crippen LogP contribution in [-0.4, -0.2) is 25.5 Å². The fourth-order valence-electron chi connectivity index (χ4n) is 0.474. The zero-order valence-electron chi connectivity index (χ0n) is 8.49.